The van der Waals surface area contributed by atoms with Gasteiger partial charge in [-0.1, -0.05) is 116 Å². The van der Waals surface area contributed by atoms with Gasteiger partial charge in [-0.2, -0.15) is 0 Å². The van der Waals surface area contributed by atoms with Gasteiger partial charge in [0, 0.05) is 12.8 Å². The molecule has 0 bridgehead atoms. The van der Waals surface area contributed by atoms with Crippen LogP contribution >= 0.6 is 0 Å². The quantitative estimate of drug-likeness (QED) is 0.0741. The third-order valence-corrected chi connectivity index (χ3v) is 6.31. The second-order valence-corrected chi connectivity index (χ2v) is 9.83. The minimum Gasteiger partial charge on any atom is -0.462 e. The molecule has 0 heterocycles. The Morgan fingerprint density at radius 2 is 1.09 bits per heavy atom. The van der Waals surface area contributed by atoms with Crippen LogP contribution < -0.4 is 0 Å². The second kappa shape index (κ2) is 27.2. The molecule has 1 atom stereocenters. The molecule has 0 saturated heterocycles. The Kier molecular flexibility index (Phi) is 26.2. The molecule has 0 aliphatic carbocycles. The summed E-state index contributed by atoms with van der Waals surface area (Å²) in [6, 6.07) is 0. The number of carbonyl (C=O) groups is 2. The van der Waals surface area contributed by atoms with Crippen molar-refractivity contribution in [3.05, 3.63) is 12.2 Å². The molecule has 35 heavy (non-hydrogen) atoms. The van der Waals surface area contributed by atoms with Crippen LogP contribution in [0.5, 0.6) is 0 Å². The highest BCUT2D eigenvalue weighted by Crippen LogP contribution is 2.12. The molecule has 0 aliphatic rings. The number of hydrogen-bond donors (Lipinski definition) is 1. The van der Waals surface area contributed by atoms with Crippen molar-refractivity contribution in [1.82, 2.24) is 0 Å². The van der Waals surface area contributed by atoms with Crippen LogP contribution in [0.2, 0.25) is 0 Å². The number of aliphatic hydroxyl groups excluding tert-OH is 1. The van der Waals surface area contributed by atoms with E-state index in [9.17, 15) is 14.7 Å². The molecule has 0 aromatic carbocycles. The molecule has 0 rings (SSSR count). The molecule has 0 aliphatic heterocycles. The molecule has 0 saturated carbocycles. The Labute approximate surface area is 216 Å². The predicted molar refractivity (Wildman–Crippen MR) is 145 cm³/mol. The van der Waals surface area contributed by atoms with Gasteiger partial charge in [0.2, 0.25) is 0 Å². The van der Waals surface area contributed by atoms with Crippen LogP contribution in [0.15, 0.2) is 12.2 Å². The fraction of sp³-hybridized carbons (Fsp3) is 0.867. The average Bonchev–Trinajstić information content (AvgIpc) is 2.86. The van der Waals surface area contributed by atoms with Crippen molar-refractivity contribution < 1.29 is 24.2 Å². The van der Waals surface area contributed by atoms with Crippen LogP contribution in [0, 0.1) is 0 Å². The third-order valence-electron chi connectivity index (χ3n) is 6.31. The van der Waals surface area contributed by atoms with E-state index in [1.54, 1.807) is 0 Å². The number of allylic oxidation sites excluding steroid dienone is 2. The molecule has 0 spiro atoms. The van der Waals surface area contributed by atoms with E-state index < -0.39 is 6.10 Å². The summed E-state index contributed by atoms with van der Waals surface area (Å²) < 4.78 is 10.5. The summed E-state index contributed by atoms with van der Waals surface area (Å²) in [5.41, 5.74) is 0. The van der Waals surface area contributed by atoms with E-state index in [-0.39, 0.29) is 25.2 Å². The van der Waals surface area contributed by atoms with Gasteiger partial charge in [-0.15, -0.1) is 0 Å². The first kappa shape index (κ1) is 33.6. The Hall–Kier alpha value is -1.36. The zero-order valence-electron chi connectivity index (χ0n) is 23.1. The van der Waals surface area contributed by atoms with Gasteiger partial charge in [0.25, 0.3) is 0 Å². The van der Waals surface area contributed by atoms with Crippen molar-refractivity contribution in [2.75, 3.05) is 13.2 Å². The lowest BCUT2D eigenvalue weighted by Crippen LogP contribution is -2.28. The molecule has 0 fully saturated rings. The van der Waals surface area contributed by atoms with Crippen LogP contribution in [-0.4, -0.2) is 36.4 Å². The number of rotatable bonds is 26. The molecule has 0 radical (unpaired) electrons. The maximum absolute atomic E-state index is 12.0. The van der Waals surface area contributed by atoms with Gasteiger partial charge in [0.1, 0.15) is 6.61 Å². The molecule has 0 aromatic rings. The van der Waals surface area contributed by atoms with Crippen molar-refractivity contribution in [1.29, 1.82) is 0 Å². The van der Waals surface area contributed by atoms with Crippen molar-refractivity contribution in [3.63, 3.8) is 0 Å². The molecule has 1 unspecified atom stereocenters. The van der Waals surface area contributed by atoms with E-state index in [1.165, 1.54) is 77.0 Å². The van der Waals surface area contributed by atoms with Crippen LogP contribution in [0.1, 0.15) is 149 Å². The summed E-state index contributed by atoms with van der Waals surface area (Å²) in [5, 5.41) is 9.44. The number of ether oxygens (including phenoxy) is 2. The number of hydrogen-bond acceptors (Lipinski definition) is 5. The van der Waals surface area contributed by atoms with Gasteiger partial charge in [0.05, 0.1) is 6.61 Å². The van der Waals surface area contributed by atoms with Crippen molar-refractivity contribution in [2.24, 2.45) is 0 Å². The molecule has 0 aromatic heterocycles. The van der Waals surface area contributed by atoms with E-state index in [0.717, 1.165) is 44.9 Å². The Bertz CT molecular complexity index is 503. The summed E-state index contributed by atoms with van der Waals surface area (Å²) in [5.74, 6) is -0.604. The van der Waals surface area contributed by atoms with Gasteiger partial charge in [-0.3, -0.25) is 9.59 Å². The highest BCUT2D eigenvalue weighted by Gasteiger charge is 2.16. The zero-order chi connectivity index (χ0) is 25.8. The first-order chi connectivity index (χ1) is 17.1. The topological polar surface area (TPSA) is 72.8 Å². The molecule has 1 N–H and O–H groups in total. The number of aliphatic hydroxyl groups is 1. The van der Waals surface area contributed by atoms with E-state index in [2.05, 4.69) is 26.0 Å². The van der Waals surface area contributed by atoms with Gasteiger partial charge in [0.15, 0.2) is 6.10 Å². The third kappa shape index (κ3) is 25.5. The Balaban J connectivity index is 3.61. The molecular formula is C30H56O5. The largest absolute Gasteiger partial charge is 0.462 e. The summed E-state index contributed by atoms with van der Waals surface area (Å²) in [6.07, 6.45) is 26.9. The fourth-order valence-electron chi connectivity index (χ4n) is 4.00. The summed E-state index contributed by atoms with van der Waals surface area (Å²) in [6.45, 7) is 4.05. The maximum Gasteiger partial charge on any atom is 0.306 e. The first-order valence-corrected chi connectivity index (χ1v) is 14.7. The SMILES string of the molecule is CCCC/C=C\CCCCCCCC(=O)OC(CO)COC(=O)CCCCCCCCCCCC. The lowest BCUT2D eigenvalue weighted by molar-refractivity contribution is -0.161. The Morgan fingerprint density at radius 1 is 0.629 bits per heavy atom. The number of carbonyl (C=O) groups excluding carboxylic acids is 2. The molecule has 206 valence electrons. The molecular weight excluding hydrogens is 440 g/mol. The van der Waals surface area contributed by atoms with E-state index >= 15 is 0 Å². The van der Waals surface area contributed by atoms with E-state index in [1.807, 2.05) is 0 Å². The van der Waals surface area contributed by atoms with Crippen molar-refractivity contribution >= 4 is 11.9 Å². The van der Waals surface area contributed by atoms with E-state index in [4.69, 9.17) is 9.47 Å². The number of unbranched alkanes of at least 4 members (excludes halogenated alkanes) is 16. The van der Waals surface area contributed by atoms with Gasteiger partial charge in [-0.05, 0) is 32.1 Å². The highest BCUT2D eigenvalue weighted by molar-refractivity contribution is 5.70. The average molecular weight is 497 g/mol. The standard InChI is InChI=1S/C30H56O5/c1-3-5-7-9-11-13-15-17-19-21-23-25-30(33)35-28(26-31)27-34-29(32)24-22-20-18-16-14-12-10-8-6-4-2/h9,11,28,31H,3-8,10,12-27H2,1-2H3/b11-9-. The summed E-state index contributed by atoms with van der Waals surface area (Å²) in [4.78, 5) is 23.9. The van der Waals surface area contributed by atoms with Gasteiger partial charge >= 0.3 is 11.9 Å². The predicted octanol–water partition coefficient (Wildman–Crippen LogP) is 8.22. The maximum atomic E-state index is 12.0. The highest BCUT2D eigenvalue weighted by atomic mass is 16.6. The number of esters is 2. The van der Waals surface area contributed by atoms with Gasteiger partial charge in [-0.25, -0.2) is 0 Å². The smallest absolute Gasteiger partial charge is 0.306 e. The van der Waals surface area contributed by atoms with Crippen LogP contribution in [0.3, 0.4) is 0 Å². The Morgan fingerprint density at radius 3 is 1.63 bits per heavy atom. The second-order valence-electron chi connectivity index (χ2n) is 9.83. The lowest BCUT2D eigenvalue weighted by atomic mass is 10.1. The van der Waals surface area contributed by atoms with Crippen LogP contribution in [0.4, 0.5) is 0 Å². The summed E-state index contributed by atoms with van der Waals surface area (Å²) in [7, 11) is 0. The normalized spacial score (nSPS) is 12.2. The minimum atomic E-state index is -0.765. The monoisotopic (exact) mass is 496 g/mol. The van der Waals surface area contributed by atoms with E-state index in [0.29, 0.717) is 12.8 Å². The van der Waals surface area contributed by atoms with Crippen molar-refractivity contribution in [2.45, 2.75) is 155 Å². The zero-order valence-corrected chi connectivity index (χ0v) is 23.1. The fourth-order valence-corrected chi connectivity index (χ4v) is 4.00. The summed E-state index contributed by atoms with van der Waals surface area (Å²) >= 11 is 0. The van der Waals surface area contributed by atoms with Crippen LogP contribution in [-0.2, 0) is 19.1 Å². The van der Waals surface area contributed by atoms with Gasteiger partial charge < -0.3 is 14.6 Å². The van der Waals surface area contributed by atoms with Crippen molar-refractivity contribution in [3.8, 4) is 0 Å². The lowest BCUT2D eigenvalue weighted by Gasteiger charge is -2.15. The molecule has 5 heteroatoms. The minimum absolute atomic E-state index is 0.0649. The first-order valence-electron chi connectivity index (χ1n) is 14.7. The molecule has 0 amide bonds. The van der Waals surface area contributed by atoms with Crippen LogP contribution in [0.25, 0.3) is 0 Å². The molecule has 5 nitrogen and oxygen atoms in total.